The first kappa shape index (κ1) is 17.7. The van der Waals surface area contributed by atoms with Crippen LogP contribution in [0.25, 0.3) is 16.8 Å². The number of hydrogen-bond acceptors (Lipinski definition) is 6. The molecule has 0 saturated heterocycles. The van der Waals surface area contributed by atoms with Crippen molar-refractivity contribution < 1.29 is 13.9 Å². The molecule has 4 rings (SSSR count). The highest BCUT2D eigenvalue weighted by Gasteiger charge is 2.13. The summed E-state index contributed by atoms with van der Waals surface area (Å²) in [6.07, 6.45) is 3.33. The Hall–Kier alpha value is -3.68. The lowest BCUT2D eigenvalue weighted by Crippen LogP contribution is -2.07. The Morgan fingerprint density at radius 1 is 1.07 bits per heavy atom. The summed E-state index contributed by atoms with van der Waals surface area (Å²) in [5.74, 6) is 1.44. The average molecular weight is 379 g/mol. The summed E-state index contributed by atoms with van der Waals surface area (Å²) in [7, 11) is 3.09. The molecule has 1 N–H and O–H groups in total. The van der Waals surface area contributed by atoms with Gasteiger partial charge >= 0.3 is 0 Å². The molecule has 0 saturated carbocycles. The number of pyridine rings is 2. The molecule has 8 heteroatoms. The topological polar surface area (TPSA) is 73.6 Å². The van der Waals surface area contributed by atoms with Gasteiger partial charge in [0.25, 0.3) is 0 Å². The van der Waals surface area contributed by atoms with Crippen molar-refractivity contribution in [3.8, 4) is 22.8 Å². The van der Waals surface area contributed by atoms with E-state index in [0.29, 0.717) is 22.8 Å². The first-order valence-corrected chi connectivity index (χ1v) is 8.59. The molecule has 142 valence electrons. The van der Waals surface area contributed by atoms with Crippen LogP contribution >= 0.6 is 0 Å². The quantitative estimate of drug-likeness (QED) is 0.552. The lowest BCUT2D eigenvalue weighted by molar-refractivity contribution is 0.398. The average Bonchev–Trinajstić information content (AvgIpc) is 3.23. The number of fused-ring (bicyclic) bond motifs is 1. The van der Waals surface area contributed by atoms with E-state index < -0.39 is 0 Å². The predicted molar refractivity (Wildman–Crippen MR) is 103 cm³/mol. The van der Waals surface area contributed by atoms with Crippen molar-refractivity contribution >= 4 is 11.5 Å². The number of nitrogens with zero attached hydrogens (tertiary/aromatic N) is 4. The van der Waals surface area contributed by atoms with Crippen LogP contribution in [-0.4, -0.2) is 33.8 Å². The third kappa shape index (κ3) is 3.20. The summed E-state index contributed by atoms with van der Waals surface area (Å²) >= 11 is 0. The smallest absolute Gasteiger partial charge is 0.212 e. The van der Waals surface area contributed by atoms with Gasteiger partial charge in [0.1, 0.15) is 23.7 Å². The molecule has 28 heavy (non-hydrogen) atoms. The molecule has 3 heterocycles. The maximum Gasteiger partial charge on any atom is 0.212 e. The summed E-state index contributed by atoms with van der Waals surface area (Å²) in [4.78, 5) is 4.24. The van der Waals surface area contributed by atoms with Crippen molar-refractivity contribution in [3.63, 3.8) is 0 Å². The minimum Gasteiger partial charge on any atom is -0.496 e. The first-order chi connectivity index (χ1) is 13.7. The largest absolute Gasteiger partial charge is 0.496 e. The van der Waals surface area contributed by atoms with Gasteiger partial charge < -0.3 is 14.8 Å². The van der Waals surface area contributed by atoms with Crippen LogP contribution in [0.15, 0.2) is 55.0 Å². The van der Waals surface area contributed by atoms with E-state index in [1.54, 1.807) is 37.8 Å². The molecule has 0 unspecified atom stereocenters. The maximum atomic E-state index is 14.2. The van der Waals surface area contributed by atoms with Gasteiger partial charge in [-0.2, -0.15) is 0 Å². The van der Waals surface area contributed by atoms with Crippen LogP contribution in [0.2, 0.25) is 0 Å². The second-order valence-corrected chi connectivity index (χ2v) is 6.02. The Bertz CT molecular complexity index is 1110. The number of anilines is 1. The standard InChI is InChI=1S/C20H18FN5O2/c1-27-17-5-3-4-16(21)15(17)11-22-18-8-7-14(20-25-24-12-26(18)20)13-6-9-19(28-2)23-10-13/h3-10,12,22H,11H2,1-2H3. The van der Waals surface area contributed by atoms with Gasteiger partial charge in [0, 0.05) is 35.5 Å². The predicted octanol–water partition coefficient (Wildman–Crippen LogP) is 3.56. The van der Waals surface area contributed by atoms with Crippen LogP contribution in [0.3, 0.4) is 0 Å². The molecule has 0 aliphatic rings. The van der Waals surface area contributed by atoms with E-state index in [-0.39, 0.29) is 12.4 Å². The molecule has 7 nitrogen and oxygen atoms in total. The summed E-state index contributed by atoms with van der Waals surface area (Å²) < 4.78 is 26.3. The van der Waals surface area contributed by atoms with Gasteiger partial charge in [-0.3, -0.25) is 4.40 Å². The monoisotopic (exact) mass is 379 g/mol. The van der Waals surface area contributed by atoms with E-state index in [1.807, 2.05) is 22.6 Å². The number of nitrogens with one attached hydrogen (secondary N) is 1. The van der Waals surface area contributed by atoms with Crippen molar-refractivity contribution in [1.82, 2.24) is 19.6 Å². The summed E-state index contributed by atoms with van der Waals surface area (Å²) in [5.41, 5.74) is 2.88. The van der Waals surface area contributed by atoms with Crippen LogP contribution in [0.4, 0.5) is 10.2 Å². The Kier molecular flexibility index (Phi) is 4.76. The highest BCUT2D eigenvalue weighted by Crippen LogP contribution is 2.27. The molecule has 0 aliphatic carbocycles. The minimum absolute atomic E-state index is 0.257. The summed E-state index contributed by atoms with van der Waals surface area (Å²) in [6.45, 7) is 0.257. The van der Waals surface area contributed by atoms with Crippen molar-refractivity contribution in [2.45, 2.75) is 6.54 Å². The second-order valence-electron chi connectivity index (χ2n) is 6.02. The van der Waals surface area contributed by atoms with E-state index in [2.05, 4.69) is 20.5 Å². The molecule has 0 radical (unpaired) electrons. The molecule has 0 atom stereocenters. The molecule has 0 spiro atoms. The van der Waals surface area contributed by atoms with E-state index >= 15 is 0 Å². The molecule has 1 aromatic carbocycles. The van der Waals surface area contributed by atoms with Gasteiger partial charge in [-0.1, -0.05) is 6.07 Å². The molecule has 0 fully saturated rings. The van der Waals surface area contributed by atoms with Crippen molar-refractivity contribution in [2.24, 2.45) is 0 Å². The number of rotatable bonds is 6. The highest BCUT2D eigenvalue weighted by molar-refractivity contribution is 5.78. The fourth-order valence-corrected chi connectivity index (χ4v) is 3.02. The normalized spacial score (nSPS) is 10.8. The Morgan fingerprint density at radius 3 is 2.71 bits per heavy atom. The van der Waals surface area contributed by atoms with Crippen LogP contribution in [0.5, 0.6) is 11.6 Å². The summed E-state index contributed by atoms with van der Waals surface area (Å²) in [6, 6.07) is 12.3. The zero-order chi connectivity index (χ0) is 19.5. The van der Waals surface area contributed by atoms with Crippen molar-refractivity contribution in [1.29, 1.82) is 0 Å². The molecular formula is C20H18FN5O2. The van der Waals surface area contributed by atoms with Gasteiger partial charge in [-0.25, -0.2) is 9.37 Å². The van der Waals surface area contributed by atoms with Crippen LogP contribution in [0.1, 0.15) is 5.56 Å². The Morgan fingerprint density at radius 2 is 1.96 bits per heavy atom. The fraction of sp³-hybridized carbons (Fsp3) is 0.150. The van der Waals surface area contributed by atoms with E-state index in [1.165, 1.54) is 13.2 Å². The number of ether oxygens (including phenoxy) is 2. The number of methoxy groups -OCH3 is 2. The first-order valence-electron chi connectivity index (χ1n) is 8.59. The van der Waals surface area contributed by atoms with E-state index in [0.717, 1.165) is 16.9 Å². The van der Waals surface area contributed by atoms with Crippen LogP contribution in [0, 0.1) is 5.82 Å². The Labute approximate surface area is 160 Å². The third-order valence-electron chi connectivity index (χ3n) is 4.45. The fourth-order valence-electron chi connectivity index (χ4n) is 3.02. The van der Waals surface area contributed by atoms with Gasteiger partial charge in [-0.15, -0.1) is 10.2 Å². The van der Waals surface area contributed by atoms with Crippen molar-refractivity contribution in [2.75, 3.05) is 19.5 Å². The third-order valence-corrected chi connectivity index (χ3v) is 4.45. The zero-order valence-electron chi connectivity index (χ0n) is 15.4. The number of benzene rings is 1. The van der Waals surface area contributed by atoms with Gasteiger partial charge in [0.05, 0.1) is 14.2 Å². The molecular weight excluding hydrogens is 361 g/mol. The Balaban J connectivity index is 1.66. The minimum atomic E-state index is -0.326. The molecule has 0 aliphatic heterocycles. The summed E-state index contributed by atoms with van der Waals surface area (Å²) in [5, 5.41) is 11.5. The lowest BCUT2D eigenvalue weighted by Gasteiger charge is -2.13. The van der Waals surface area contributed by atoms with Gasteiger partial charge in [-0.05, 0) is 30.3 Å². The van der Waals surface area contributed by atoms with Crippen LogP contribution < -0.4 is 14.8 Å². The SMILES string of the molecule is COc1ccc(-c2ccc(NCc3c(F)cccc3OC)n3cnnc23)cn1. The molecule has 0 amide bonds. The second kappa shape index (κ2) is 7.51. The number of halogens is 1. The zero-order valence-corrected chi connectivity index (χ0v) is 15.4. The molecule has 3 aromatic heterocycles. The maximum absolute atomic E-state index is 14.2. The van der Waals surface area contributed by atoms with Crippen LogP contribution in [-0.2, 0) is 6.54 Å². The number of hydrogen-bond donors (Lipinski definition) is 1. The van der Waals surface area contributed by atoms with Crippen molar-refractivity contribution in [3.05, 3.63) is 66.4 Å². The lowest BCUT2D eigenvalue weighted by atomic mass is 10.1. The van der Waals surface area contributed by atoms with Gasteiger partial charge in [0.15, 0.2) is 5.65 Å². The molecule has 0 bridgehead atoms. The van der Waals surface area contributed by atoms with E-state index in [4.69, 9.17) is 9.47 Å². The van der Waals surface area contributed by atoms with E-state index in [9.17, 15) is 4.39 Å². The van der Waals surface area contributed by atoms with Gasteiger partial charge in [0.2, 0.25) is 5.88 Å². The molecule has 4 aromatic rings. The highest BCUT2D eigenvalue weighted by atomic mass is 19.1. The number of aromatic nitrogens is 4.